The first kappa shape index (κ1) is 23.9. The zero-order chi connectivity index (χ0) is 25.3. The zero-order valence-electron chi connectivity index (χ0n) is 20.2. The third-order valence-electron chi connectivity index (χ3n) is 5.46. The van der Waals surface area contributed by atoms with Gasteiger partial charge in [0.05, 0.1) is 28.9 Å². The second-order valence-corrected chi connectivity index (χ2v) is 10.9. The quantitative estimate of drug-likeness (QED) is 0.327. The summed E-state index contributed by atoms with van der Waals surface area (Å²) in [5.41, 5.74) is 3.01. The molecule has 0 aromatic carbocycles. The maximum absolute atomic E-state index is 12.4. The summed E-state index contributed by atoms with van der Waals surface area (Å²) in [5.74, 6) is 1.45. The molecule has 1 fully saturated rings. The van der Waals surface area contributed by atoms with Crippen LogP contribution >= 0.6 is 0 Å². The standard InChI is InChI=1S/C23H27N9O3S/c1-15(2)27-20-10-22(25-12-18(20)19-7-9-31(30-19)14-35-3)28-21-6-8-24-23(29-21)16-11-26-32(13-16)36(33,34)17-4-5-17/h6-13,15,17H,4-5,14H2,1-3H3,(H2,24,25,27,28,29). The van der Waals surface area contributed by atoms with Crippen LogP contribution in [0.15, 0.2) is 49.2 Å². The molecule has 0 spiro atoms. The van der Waals surface area contributed by atoms with Crippen LogP contribution in [0.1, 0.15) is 26.7 Å². The van der Waals surface area contributed by atoms with Crippen molar-refractivity contribution in [1.82, 2.24) is 33.9 Å². The molecule has 0 radical (unpaired) electrons. The minimum absolute atomic E-state index is 0.189. The lowest BCUT2D eigenvalue weighted by Crippen LogP contribution is -2.17. The first-order valence-corrected chi connectivity index (χ1v) is 13.0. The van der Waals surface area contributed by atoms with Gasteiger partial charge in [-0.15, -0.1) is 0 Å². The van der Waals surface area contributed by atoms with E-state index in [0.29, 0.717) is 42.6 Å². The Morgan fingerprint density at radius 3 is 2.75 bits per heavy atom. The van der Waals surface area contributed by atoms with Crippen molar-refractivity contribution < 1.29 is 13.2 Å². The Morgan fingerprint density at radius 1 is 1.17 bits per heavy atom. The molecule has 0 bridgehead atoms. The van der Waals surface area contributed by atoms with Crippen molar-refractivity contribution in [1.29, 1.82) is 0 Å². The van der Waals surface area contributed by atoms with Gasteiger partial charge in [-0.2, -0.15) is 14.3 Å². The fourth-order valence-electron chi connectivity index (χ4n) is 3.64. The molecule has 188 valence electrons. The summed E-state index contributed by atoms with van der Waals surface area (Å²) in [6, 6.07) is 5.71. The molecule has 0 aliphatic heterocycles. The smallest absolute Gasteiger partial charge is 0.256 e. The molecule has 4 heterocycles. The van der Waals surface area contributed by atoms with Crippen molar-refractivity contribution in [3.8, 4) is 22.6 Å². The van der Waals surface area contributed by atoms with E-state index in [9.17, 15) is 8.42 Å². The molecule has 5 rings (SSSR count). The van der Waals surface area contributed by atoms with Crippen LogP contribution in [0.5, 0.6) is 0 Å². The maximum Gasteiger partial charge on any atom is 0.256 e. The number of ether oxygens (including phenoxy) is 1. The van der Waals surface area contributed by atoms with Gasteiger partial charge in [-0.25, -0.2) is 28.1 Å². The van der Waals surface area contributed by atoms with E-state index in [4.69, 9.17) is 4.74 Å². The Bertz CT molecular complexity index is 1480. The van der Waals surface area contributed by atoms with Crippen molar-refractivity contribution in [2.45, 2.75) is 44.7 Å². The van der Waals surface area contributed by atoms with Gasteiger partial charge in [0.2, 0.25) is 0 Å². The average molecular weight is 510 g/mol. The van der Waals surface area contributed by atoms with E-state index in [1.54, 1.807) is 30.3 Å². The van der Waals surface area contributed by atoms with Crippen LogP contribution in [0, 0.1) is 0 Å². The summed E-state index contributed by atoms with van der Waals surface area (Å²) in [7, 11) is -1.83. The number of nitrogens with zero attached hydrogens (tertiary/aromatic N) is 7. The molecule has 12 nitrogen and oxygen atoms in total. The van der Waals surface area contributed by atoms with Gasteiger partial charge in [0, 0.05) is 49.1 Å². The molecule has 4 aromatic rings. The van der Waals surface area contributed by atoms with Crippen molar-refractivity contribution >= 4 is 27.3 Å². The van der Waals surface area contributed by atoms with E-state index in [-0.39, 0.29) is 11.3 Å². The molecule has 4 aromatic heterocycles. The fraction of sp³-hybridized carbons (Fsp3) is 0.348. The molecule has 13 heteroatoms. The van der Waals surface area contributed by atoms with Gasteiger partial charge >= 0.3 is 0 Å². The topological polar surface area (TPSA) is 142 Å². The van der Waals surface area contributed by atoms with E-state index in [2.05, 4.69) is 49.6 Å². The second kappa shape index (κ2) is 9.66. The van der Waals surface area contributed by atoms with Crippen LogP contribution < -0.4 is 10.6 Å². The molecule has 1 saturated carbocycles. The van der Waals surface area contributed by atoms with Crippen LogP contribution in [0.3, 0.4) is 0 Å². The molecular weight excluding hydrogens is 482 g/mol. The lowest BCUT2D eigenvalue weighted by Gasteiger charge is -2.15. The number of methoxy groups -OCH3 is 1. The van der Waals surface area contributed by atoms with Crippen molar-refractivity contribution in [3.05, 3.63) is 49.2 Å². The largest absolute Gasteiger partial charge is 0.382 e. The SMILES string of the molecule is COCn1ccc(-c2cnc(Nc3ccnc(-c4cnn(S(=O)(=O)C5CC5)c4)n3)cc2NC(C)C)n1. The van der Waals surface area contributed by atoms with Gasteiger partial charge in [-0.05, 0) is 38.8 Å². The molecule has 0 saturated heterocycles. The van der Waals surface area contributed by atoms with E-state index in [0.717, 1.165) is 21.0 Å². The number of hydrogen-bond acceptors (Lipinski definition) is 10. The van der Waals surface area contributed by atoms with Gasteiger partial charge in [-0.3, -0.25) is 0 Å². The summed E-state index contributed by atoms with van der Waals surface area (Å²) in [5, 5.41) is 14.9. The predicted molar refractivity (Wildman–Crippen MR) is 135 cm³/mol. The lowest BCUT2D eigenvalue weighted by molar-refractivity contribution is 0.121. The Balaban J connectivity index is 1.39. The Hall–Kier alpha value is -3.84. The zero-order valence-corrected chi connectivity index (χ0v) is 21.0. The monoisotopic (exact) mass is 509 g/mol. The predicted octanol–water partition coefficient (Wildman–Crippen LogP) is 3.11. The van der Waals surface area contributed by atoms with Gasteiger partial charge < -0.3 is 15.4 Å². The summed E-state index contributed by atoms with van der Waals surface area (Å²) in [6.45, 7) is 4.48. The third-order valence-corrected chi connectivity index (χ3v) is 7.50. The second-order valence-electron chi connectivity index (χ2n) is 8.81. The van der Waals surface area contributed by atoms with Crippen molar-refractivity contribution in [3.63, 3.8) is 0 Å². The van der Waals surface area contributed by atoms with Crippen LogP contribution in [-0.4, -0.2) is 60.7 Å². The molecular formula is C23H27N9O3S. The molecule has 36 heavy (non-hydrogen) atoms. The minimum Gasteiger partial charge on any atom is -0.382 e. The van der Waals surface area contributed by atoms with Crippen LogP contribution in [0.25, 0.3) is 22.6 Å². The highest BCUT2D eigenvalue weighted by atomic mass is 32.2. The van der Waals surface area contributed by atoms with E-state index < -0.39 is 10.0 Å². The minimum atomic E-state index is -3.45. The normalized spacial score (nSPS) is 13.8. The number of pyridine rings is 1. The van der Waals surface area contributed by atoms with Crippen molar-refractivity contribution in [2.24, 2.45) is 0 Å². The Kier molecular flexibility index (Phi) is 6.41. The fourth-order valence-corrected chi connectivity index (χ4v) is 5.12. The first-order chi connectivity index (χ1) is 17.3. The van der Waals surface area contributed by atoms with Crippen molar-refractivity contribution in [2.75, 3.05) is 17.7 Å². The van der Waals surface area contributed by atoms with E-state index in [1.807, 2.05) is 18.3 Å². The molecule has 0 atom stereocenters. The molecule has 1 aliphatic rings. The lowest BCUT2D eigenvalue weighted by atomic mass is 10.1. The molecule has 0 unspecified atom stereocenters. The molecule has 1 aliphatic carbocycles. The number of aromatic nitrogens is 7. The van der Waals surface area contributed by atoms with Crippen LogP contribution in [-0.2, 0) is 21.5 Å². The maximum atomic E-state index is 12.4. The van der Waals surface area contributed by atoms with Crippen LogP contribution in [0.2, 0.25) is 0 Å². The molecule has 0 amide bonds. The van der Waals surface area contributed by atoms with Gasteiger partial charge in [-0.1, -0.05) is 0 Å². The number of rotatable bonds is 10. The average Bonchev–Trinajstić information content (AvgIpc) is 3.41. The first-order valence-electron chi connectivity index (χ1n) is 11.5. The highest BCUT2D eigenvalue weighted by molar-refractivity contribution is 7.90. The third kappa shape index (κ3) is 5.06. The summed E-state index contributed by atoms with van der Waals surface area (Å²) >= 11 is 0. The van der Waals surface area contributed by atoms with E-state index >= 15 is 0 Å². The summed E-state index contributed by atoms with van der Waals surface area (Å²) in [4.78, 5) is 13.4. The van der Waals surface area contributed by atoms with Crippen LogP contribution in [0.4, 0.5) is 17.3 Å². The summed E-state index contributed by atoms with van der Waals surface area (Å²) < 4.78 is 32.7. The highest BCUT2D eigenvalue weighted by Crippen LogP contribution is 2.31. The number of anilines is 3. The number of hydrogen-bond donors (Lipinski definition) is 2. The number of nitrogens with one attached hydrogen (secondary N) is 2. The van der Waals surface area contributed by atoms with Gasteiger partial charge in [0.25, 0.3) is 10.0 Å². The van der Waals surface area contributed by atoms with Gasteiger partial charge in [0.15, 0.2) is 5.82 Å². The highest BCUT2D eigenvalue weighted by Gasteiger charge is 2.37. The van der Waals surface area contributed by atoms with Gasteiger partial charge in [0.1, 0.15) is 18.4 Å². The Labute approximate surface area is 208 Å². The van der Waals surface area contributed by atoms with E-state index in [1.165, 1.54) is 12.4 Å². The summed E-state index contributed by atoms with van der Waals surface area (Å²) in [6.07, 6.45) is 9.45. The molecule has 2 N–H and O–H groups in total. The Morgan fingerprint density at radius 2 is 2.00 bits per heavy atom.